The van der Waals surface area contributed by atoms with Gasteiger partial charge in [0.05, 0.1) is 19.8 Å². The number of carbonyl (C=O) groups excluding carboxylic acids is 1. The summed E-state index contributed by atoms with van der Waals surface area (Å²) in [4.78, 5) is 26.6. The second-order valence-electron chi connectivity index (χ2n) is 7.57. The number of alkyl halides is 3. The number of amides is 1. The van der Waals surface area contributed by atoms with Crippen LogP contribution < -0.4 is 4.90 Å². The van der Waals surface area contributed by atoms with Crippen molar-refractivity contribution in [3.8, 4) is 0 Å². The molecule has 1 spiro atoms. The smallest absolute Gasteiger partial charge is 0.475 e. The predicted molar refractivity (Wildman–Crippen MR) is 112 cm³/mol. The number of hydrogen-bond donors (Lipinski definition) is 1. The molecule has 0 aliphatic carbocycles. The van der Waals surface area contributed by atoms with Gasteiger partial charge in [-0.1, -0.05) is 6.07 Å². The van der Waals surface area contributed by atoms with E-state index >= 15 is 0 Å². The molecule has 0 radical (unpaired) electrons. The van der Waals surface area contributed by atoms with Crippen molar-refractivity contribution in [2.45, 2.75) is 18.3 Å². The number of halogens is 4. The number of carboxylic acids is 1. The molecule has 2 aliphatic rings. The van der Waals surface area contributed by atoms with Crippen molar-refractivity contribution in [1.82, 2.24) is 4.90 Å². The number of hydrogen-bond acceptors (Lipinski definition) is 6. The molecular formula is C21H22F4N2O5S. The van der Waals surface area contributed by atoms with Crippen LogP contribution in [0.5, 0.6) is 0 Å². The van der Waals surface area contributed by atoms with E-state index in [2.05, 4.69) is 22.4 Å². The Morgan fingerprint density at radius 1 is 1.18 bits per heavy atom. The van der Waals surface area contributed by atoms with Crippen LogP contribution in [-0.4, -0.2) is 73.1 Å². The molecule has 0 bridgehead atoms. The fraction of sp³-hybridized carbons (Fsp3) is 0.429. The lowest BCUT2D eigenvalue weighted by Crippen LogP contribution is -2.60. The maximum absolute atomic E-state index is 13.2. The van der Waals surface area contributed by atoms with Crippen molar-refractivity contribution in [3.05, 3.63) is 52.5 Å². The summed E-state index contributed by atoms with van der Waals surface area (Å²) in [7, 11) is 0. The van der Waals surface area contributed by atoms with Crippen LogP contribution in [0.4, 0.5) is 23.2 Å². The van der Waals surface area contributed by atoms with Crippen molar-refractivity contribution in [1.29, 1.82) is 0 Å². The zero-order valence-electron chi connectivity index (χ0n) is 17.4. The third kappa shape index (κ3) is 6.97. The number of rotatable bonds is 3. The first kappa shape index (κ1) is 25.1. The van der Waals surface area contributed by atoms with E-state index in [1.54, 1.807) is 28.4 Å². The van der Waals surface area contributed by atoms with Gasteiger partial charge in [0, 0.05) is 30.2 Å². The number of ether oxygens (including phenoxy) is 2. The van der Waals surface area contributed by atoms with Gasteiger partial charge in [-0.05, 0) is 35.7 Å². The molecule has 1 unspecified atom stereocenters. The number of anilines is 1. The summed E-state index contributed by atoms with van der Waals surface area (Å²) in [5, 5.41) is 9.20. The summed E-state index contributed by atoms with van der Waals surface area (Å²) in [5.74, 6) is -3.19. The van der Waals surface area contributed by atoms with E-state index in [0.29, 0.717) is 32.0 Å². The molecule has 1 aromatic heterocycles. The molecule has 1 amide bonds. The highest BCUT2D eigenvalue weighted by molar-refractivity contribution is 7.09. The van der Waals surface area contributed by atoms with Crippen molar-refractivity contribution in [2.24, 2.45) is 0 Å². The van der Waals surface area contributed by atoms with Gasteiger partial charge in [-0.2, -0.15) is 13.2 Å². The molecule has 33 heavy (non-hydrogen) atoms. The minimum Gasteiger partial charge on any atom is -0.475 e. The Balaban J connectivity index is 0.000000383. The number of carboxylic acid groups (broad SMARTS) is 1. The fourth-order valence-electron chi connectivity index (χ4n) is 3.50. The van der Waals surface area contributed by atoms with Gasteiger partial charge >= 0.3 is 12.1 Å². The highest BCUT2D eigenvalue weighted by atomic mass is 32.1. The van der Waals surface area contributed by atoms with Gasteiger partial charge in [0.25, 0.3) is 5.91 Å². The summed E-state index contributed by atoms with van der Waals surface area (Å²) in [6.45, 7) is 3.85. The molecule has 0 saturated carbocycles. The van der Waals surface area contributed by atoms with Gasteiger partial charge in [0.2, 0.25) is 0 Å². The zero-order valence-corrected chi connectivity index (χ0v) is 18.2. The lowest BCUT2D eigenvalue weighted by Gasteiger charge is -2.43. The quantitative estimate of drug-likeness (QED) is 0.666. The minimum absolute atomic E-state index is 0.00752. The van der Waals surface area contributed by atoms with E-state index in [0.717, 1.165) is 13.1 Å². The van der Waals surface area contributed by atoms with Gasteiger partial charge < -0.3 is 19.5 Å². The van der Waals surface area contributed by atoms with Gasteiger partial charge in [-0.3, -0.25) is 9.69 Å². The molecule has 2 fully saturated rings. The van der Waals surface area contributed by atoms with Gasteiger partial charge in [-0.25, -0.2) is 9.18 Å². The molecule has 2 aromatic rings. The van der Waals surface area contributed by atoms with Crippen molar-refractivity contribution in [2.75, 3.05) is 44.4 Å². The number of morpholine rings is 1. The van der Waals surface area contributed by atoms with Crippen LogP contribution in [0, 0.1) is 5.82 Å². The number of carbonyl (C=O) groups is 2. The number of benzene rings is 1. The highest BCUT2D eigenvalue weighted by Crippen LogP contribution is 2.28. The molecule has 2 saturated heterocycles. The monoisotopic (exact) mass is 490 g/mol. The molecular weight excluding hydrogens is 468 g/mol. The van der Waals surface area contributed by atoms with E-state index in [1.165, 1.54) is 17.0 Å². The standard InChI is InChI=1S/C19H21FN2O3S.C2HF3O2/c20-15-3-5-16(6-4-15)22-13-19(25-11-18(22)23)12-21(7-8-24-14-19)10-17-2-1-9-26-17;3-2(4,5)1(6)7/h1-6,9H,7-8,10-14H2;(H,6,7). The average Bonchev–Trinajstić information content (AvgIpc) is 3.18. The van der Waals surface area contributed by atoms with Gasteiger partial charge in [0.15, 0.2) is 0 Å². The van der Waals surface area contributed by atoms with Crippen LogP contribution in [0.1, 0.15) is 4.88 Å². The van der Waals surface area contributed by atoms with Crippen molar-refractivity contribution >= 4 is 28.9 Å². The van der Waals surface area contributed by atoms with Crippen molar-refractivity contribution in [3.63, 3.8) is 0 Å². The first-order valence-corrected chi connectivity index (χ1v) is 10.8. The SMILES string of the molecule is O=C(O)C(F)(F)F.O=C1COC2(COCCN(Cc3cccs3)C2)CN1c1ccc(F)cc1. The van der Waals surface area contributed by atoms with E-state index in [9.17, 15) is 22.4 Å². The van der Waals surface area contributed by atoms with Crippen LogP contribution in [0.25, 0.3) is 0 Å². The Morgan fingerprint density at radius 2 is 1.88 bits per heavy atom. The lowest BCUT2D eigenvalue weighted by atomic mass is 10.0. The Hall–Kier alpha value is -2.54. The van der Waals surface area contributed by atoms with Gasteiger partial charge in [0.1, 0.15) is 18.0 Å². The Kier molecular flexibility index (Phi) is 8.05. The lowest BCUT2D eigenvalue weighted by molar-refractivity contribution is -0.192. The average molecular weight is 490 g/mol. The summed E-state index contributed by atoms with van der Waals surface area (Å²) >= 11 is 1.73. The van der Waals surface area contributed by atoms with Crippen LogP contribution >= 0.6 is 11.3 Å². The number of aliphatic carboxylic acids is 1. The molecule has 180 valence electrons. The predicted octanol–water partition coefficient (Wildman–Crippen LogP) is 3.15. The maximum atomic E-state index is 13.2. The second kappa shape index (κ2) is 10.6. The molecule has 1 aromatic carbocycles. The maximum Gasteiger partial charge on any atom is 0.490 e. The third-order valence-corrected chi connectivity index (χ3v) is 5.88. The third-order valence-electron chi connectivity index (χ3n) is 5.02. The Morgan fingerprint density at radius 3 is 2.48 bits per heavy atom. The summed E-state index contributed by atoms with van der Waals surface area (Å²) in [6, 6.07) is 10.2. The van der Waals surface area contributed by atoms with Crippen LogP contribution in [-0.2, 0) is 25.6 Å². The first-order chi connectivity index (χ1) is 15.6. The molecule has 1 N–H and O–H groups in total. The fourth-order valence-corrected chi connectivity index (χ4v) is 4.24. The normalized spacial score (nSPS) is 21.9. The molecule has 7 nitrogen and oxygen atoms in total. The topological polar surface area (TPSA) is 79.3 Å². The van der Waals surface area contributed by atoms with E-state index in [4.69, 9.17) is 19.4 Å². The summed E-state index contributed by atoms with van der Waals surface area (Å²) < 4.78 is 56.8. The Bertz CT molecular complexity index is 939. The number of thiophene rings is 1. The van der Waals surface area contributed by atoms with Crippen LogP contribution in [0.3, 0.4) is 0 Å². The number of nitrogens with zero attached hydrogens (tertiary/aromatic N) is 2. The van der Waals surface area contributed by atoms with Crippen LogP contribution in [0.2, 0.25) is 0 Å². The van der Waals surface area contributed by atoms with Crippen LogP contribution in [0.15, 0.2) is 41.8 Å². The molecule has 3 heterocycles. The Labute approximate surface area is 191 Å². The van der Waals surface area contributed by atoms with Gasteiger partial charge in [-0.15, -0.1) is 11.3 Å². The minimum atomic E-state index is -5.08. The largest absolute Gasteiger partial charge is 0.490 e. The molecule has 2 aliphatic heterocycles. The summed E-state index contributed by atoms with van der Waals surface area (Å²) in [5.41, 5.74) is 0.115. The second-order valence-corrected chi connectivity index (χ2v) is 8.61. The highest BCUT2D eigenvalue weighted by Gasteiger charge is 2.43. The summed E-state index contributed by atoms with van der Waals surface area (Å²) in [6.07, 6.45) is -5.08. The molecule has 12 heteroatoms. The van der Waals surface area contributed by atoms with Crippen molar-refractivity contribution < 1.29 is 41.7 Å². The molecule has 4 rings (SSSR count). The van der Waals surface area contributed by atoms with E-state index in [-0.39, 0.29) is 18.3 Å². The zero-order chi connectivity index (χ0) is 24.1. The molecule has 1 atom stereocenters. The van der Waals surface area contributed by atoms with E-state index < -0.39 is 17.7 Å². The first-order valence-electron chi connectivity index (χ1n) is 9.90. The van der Waals surface area contributed by atoms with E-state index in [1.807, 2.05) is 0 Å².